The summed E-state index contributed by atoms with van der Waals surface area (Å²) in [6.45, 7) is 9.07. The van der Waals surface area contributed by atoms with E-state index in [1.165, 1.54) is 36.8 Å². The van der Waals surface area contributed by atoms with E-state index < -0.39 is 5.41 Å². The molecule has 35 heavy (non-hydrogen) atoms. The maximum Gasteiger partial charge on any atom is 0.233 e. The van der Waals surface area contributed by atoms with Gasteiger partial charge in [0.05, 0.1) is 5.41 Å². The number of nitrogens with zero attached hydrogens (tertiary/aromatic N) is 2. The highest BCUT2D eigenvalue weighted by Gasteiger charge is 2.49. The lowest BCUT2D eigenvalue weighted by molar-refractivity contribution is -0.142. The van der Waals surface area contributed by atoms with Crippen molar-refractivity contribution in [3.63, 3.8) is 0 Å². The van der Waals surface area contributed by atoms with E-state index in [0.29, 0.717) is 38.6 Å². The summed E-state index contributed by atoms with van der Waals surface area (Å²) in [5, 5.41) is 3.00. The van der Waals surface area contributed by atoms with Crippen LogP contribution >= 0.6 is 0 Å². The zero-order valence-electron chi connectivity index (χ0n) is 21.9. The summed E-state index contributed by atoms with van der Waals surface area (Å²) in [5.74, 6) is 1.98. The topological polar surface area (TPSA) is 78.7 Å². The molecule has 1 saturated carbocycles. The van der Waals surface area contributed by atoms with E-state index in [4.69, 9.17) is 5.73 Å². The molecule has 1 aromatic carbocycles. The standard InChI is InChI=1S/C29H46N4O2/c1-22(2)23-10-12-25(13-11-23)32-18-14-29(15-19-32)26-8-4-3-7-24(26)21-33(28(29)35)20-17-31-27(34)9-5-6-16-30/h3-4,7-8,22-23,25H,5-6,9-21,30H2,1-2H3,(H,31,34). The number of amides is 2. The summed E-state index contributed by atoms with van der Waals surface area (Å²) in [4.78, 5) is 30.7. The average Bonchev–Trinajstić information content (AvgIpc) is 2.88. The van der Waals surface area contributed by atoms with Crippen molar-refractivity contribution >= 4 is 11.8 Å². The van der Waals surface area contributed by atoms with Gasteiger partial charge in [-0.1, -0.05) is 38.1 Å². The van der Waals surface area contributed by atoms with Crippen molar-refractivity contribution < 1.29 is 9.59 Å². The molecule has 2 heterocycles. The molecule has 0 radical (unpaired) electrons. The fourth-order valence-electron chi connectivity index (χ4n) is 6.74. The predicted octanol–water partition coefficient (Wildman–Crippen LogP) is 3.82. The van der Waals surface area contributed by atoms with E-state index >= 15 is 0 Å². The molecule has 6 heteroatoms. The summed E-state index contributed by atoms with van der Waals surface area (Å²) >= 11 is 0. The number of carbonyl (C=O) groups excluding carboxylic acids is 2. The first-order valence-electron chi connectivity index (χ1n) is 14.0. The molecule has 3 aliphatic rings. The van der Waals surface area contributed by atoms with Crippen LogP contribution in [0, 0.1) is 11.8 Å². The van der Waals surface area contributed by atoms with Gasteiger partial charge in [0, 0.05) is 32.1 Å². The normalized spacial score (nSPS) is 24.6. The van der Waals surface area contributed by atoms with E-state index in [2.05, 4.69) is 48.3 Å². The van der Waals surface area contributed by atoms with E-state index in [1.54, 1.807) is 0 Å². The lowest BCUT2D eigenvalue weighted by Crippen LogP contribution is -2.58. The zero-order valence-corrected chi connectivity index (χ0v) is 21.9. The predicted molar refractivity (Wildman–Crippen MR) is 141 cm³/mol. The summed E-state index contributed by atoms with van der Waals surface area (Å²) in [6.07, 6.45) is 9.28. The number of nitrogens with two attached hydrogens (primary N) is 1. The number of piperidine rings is 1. The van der Waals surface area contributed by atoms with Crippen LogP contribution in [-0.4, -0.2) is 60.4 Å². The van der Waals surface area contributed by atoms with E-state index in [9.17, 15) is 9.59 Å². The Morgan fingerprint density at radius 3 is 2.51 bits per heavy atom. The van der Waals surface area contributed by atoms with Crippen LogP contribution in [0.3, 0.4) is 0 Å². The Hall–Kier alpha value is -1.92. The second-order valence-electron chi connectivity index (χ2n) is 11.4. The third-order valence-electron chi connectivity index (χ3n) is 9.00. The zero-order chi connectivity index (χ0) is 24.8. The average molecular weight is 483 g/mol. The van der Waals surface area contributed by atoms with Crippen molar-refractivity contribution in [2.75, 3.05) is 32.7 Å². The first-order valence-corrected chi connectivity index (χ1v) is 14.0. The van der Waals surface area contributed by atoms with Gasteiger partial charge >= 0.3 is 0 Å². The van der Waals surface area contributed by atoms with E-state index in [-0.39, 0.29) is 11.8 Å². The minimum Gasteiger partial charge on any atom is -0.354 e. The largest absolute Gasteiger partial charge is 0.354 e. The van der Waals surface area contributed by atoms with Crippen LogP contribution in [0.5, 0.6) is 0 Å². The Labute approximate surface area is 212 Å². The fourth-order valence-corrected chi connectivity index (χ4v) is 6.74. The molecule has 194 valence electrons. The van der Waals surface area contributed by atoms with Crippen LogP contribution in [0.4, 0.5) is 0 Å². The number of unbranched alkanes of at least 4 members (excludes halogenated alkanes) is 1. The van der Waals surface area contributed by atoms with Gasteiger partial charge in [-0.15, -0.1) is 0 Å². The molecule has 4 rings (SSSR count). The number of fused-ring (bicyclic) bond motifs is 2. The van der Waals surface area contributed by atoms with Gasteiger partial charge in [-0.3, -0.25) is 9.59 Å². The molecule has 3 N–H and O–H groups in total. The molecule has 1 saturated heterocycles. The second-order valence-corrected chi connectivity index (χ2v) is 11.4. The molecule has 1 aliphatic carbocycles. The quantitative estimate of drug-likeness (QED) is 0.525. The number of nitrogens with one attached hydrogen (secondary N) is 1. The van der Waals surface area contributed by atoms with Crippen LogP contribution in [0.25, 0.3) is 0 Å². The molecule has 0 atom stereocenters. The number of carbonyl (C=O) groups is 2. The molecule has 0 unspecified atom stereocenters. The number of likely N-dealkylation sites (tertiary alicyclic amines) is 1. The smallest absolute Gasteiger partial charge is 0.233 e. The maximum absolute atomic E-state index is 13.9. The van der Waals surface area contributed by atoms with Gasteiger partial charge < -0.3 is 20.9 Å². The van der Waals surface area contributed by atoms with Gasteiger partial charge in [0.15, 0.2) is 0 Å². The summed E-state index contributed by atoms with van der Waals surface area (Å²) < 4.78 is 0. The third-order valence-corrected chi connectivity index (χ3v) is 9.00. The second kappa shape index (κ2) is 11.9. The van der Waals surface area contributed by atoms with Gasteiger partial charge in [0.2, 0.25) is 11.8 Å². The van der Waals surface area contributed by atoms with Crippen LogP contribution in [-0.2, 0) is 21.5 Å². The van der Waals surface area contributed by atoms with E-state index in [0.717, 1.165) is 50.6 Å². The summed E-state index contributed by atoms with van der Waals surface area (Å²) in [6, 6.07) is 9.23. The SMILES string of the molecule is CC(C)C1CCC(N2CCC3(CC2)C(=O)N(CCNC(=O)CCCCN)Cc2ccccc23)CC1. The summed E-state index contributed by atoms with van der Waals surface area (Å²) in [7, 11) is 0. The van der Waals surface area contributed by atoms with Gasteiger partial charge in [-0.2, -0.15) is 0 Å². The van der Waals surface area contributed by atoms with Crippen molar-refractivity contribution in [1.29, 1.82) is 0 Å². The lowest BCUT2D eigenvalue weighted by Gasteiger charge is -2.49. The Morgan fingerprint density at radius 2 is 1.83 bits per heavy atom. The van der Waals surface area contributed by atoms with Crippen LogP contribution in [0.1, 0.15) is 82.8 Å². The lowest BCUT2D eigenvalue weighted by atomic mass is 9.67. The highest BCUT2D eigenvalue weighted by molar-refractivity contribution is 5.90. The Bertz CT molecular complexity index is 854. The van der Waals surface area contributed by atoms with Crippen molar-refractivity contribution in [3.8, 4) is 0 Å². The first-order chi connectivity index (χ1) is 16.9. The van der Waals surface area contributed by atoms with Gasteiger partial charge in [-0.05, 0) is 94.0 Å². The minimum atomic E-state index is -0.411. The molecule has 1 spiro atoms. The Balaban J connectivity index is 1.38. The van der Waals surface area contributed by atoms with E-state index in [1.807, 2.05) is 4.90 Å². The first kappa shape index (κ1) is 26.2. The van der Waals surface area contributed by atoms with Gasteiger partial charge in [0.1, 0.15) is 0 Å². The molecular weight excluding hydrogens is 436 g/mol. The molecule has 1 aromatic rings. The Kier molecular flexibility index (Phi) is 8.87. The fraction of sp³-hybridized carbons (Fsp3) is 0.724. The monoisotopic (exact) mass is 482 g/mol. The van der Waals surface area contributed by atoms with Crippen molar-refractivity contribution in [2.24, 2.45) is 17.6 Å². The summed E-state index contributed by atoms with van der Waals surface area (Å²) in [5.41, 5.74) is 7.63. The van der Waals surface area contributed by atoms with Crippen molar-refractivity contribution in [1.82, 2.24) is 15.1 Å². The minimum absolute atomic E-state index is 0.0542. The molecule has 6 nitrogen and oxygen atoms in total. The van der Waals surface area contributed by atoms with Crippen molar-refractivity contribution in [3.05, 3.63) is 35.4 Å². The van der Waals surface area contributed by atoms with Crippen molar-refractivity contribution in [2.45, 2.75) is 89.6 Å². The maximum atomic E-state index is 13.9. The highest BCUT2D eigenvalue weighted by atomic mass is 16.2. The van der Waals surface area contributed by atoms with Gasteiger partial charge in [-0.25, -0.2) is 0 Å². The Morgan fingerprint density at radius 1 is 1.11 bits per heavy atom. The van der Waals surface area contributed by atoms with Crippen LogP contribution in [0.2, 0.25) is 0 Å². The molecule has 2 aliphatic heterocycles. The number of hydrogen-bond donors (Lipinski definition) is 2. The molecule has 0 aromatic heterocycles. The number of hydrogen-bond acceptors (Lipinski definition) is 4. The highest BCUT2D eigenvalue weighted by Crippen LogP contribution is 2.44. The third kappa shape index (κ3) is 5.91. The molecule has 2 fully saturated rings. The number of rotatable bonds is 9. The number of benzene rings is 1. The van der Waals surface area contributed by atoms with Crippen LogP contribution in [0.15, 0.2) is 24.3 Å². The van der Waals surface area contributed by atoms with Gasteiger partial charge in [0.25, 0.3) is 0 Å². The van der Waals surface area contributed by atoms with Crippen LogP contribution < -0.4 is 11.1 Å². The molecule has 2 amide bonds. The molecular formula is C29H46N4O2. The molecule has 0 bridgehead atoms.